The summed E-state index contributed by atoms with van der Waals surface area (Å²) in [5.41, 5.74) is 10.9. The van der Waals surface area contributed by atoms with E-state index in [0.29, 0.717) is 5.95 Å². The maximum atomic E-state index is 6.04. The predicted molar refractivity (Wildman–Crippen MR) is 107 cm³/mol. The highest BCUT2D eigenvalue weighted by atomic mass is 15.1. The number of hydrogen-bond acceptors (Lipinski definition) is 5. The monoisotopic (exact) mass is 351 g/mol. The summed E-state index contributed by atoms with van der Waals surface area (Å²) in [4.78, 5) is 11.7. The van der Waals surface area contributed by atoms with E-state index in [4.69, 9.17) is 5.73 Å². The van der Waals surface area contributed by atoms with Crippen LogP contribution >= 0.6 is 0 Å². The molecule has 4 rings (SSSR count). The number of fused-ring (bicyclic) bond motifs is 3. The highest BCUT2D eigenvalue weighted by Gasteiger charge is 2.20. The largest absolute Gasteiger partial charge is 0.370 e. The van der Waals surface area contributed by atoms with Gasteiger partial charge in [-0.1, -0.05) is 30.7 Å². The van der Waals surface area contributed by atoms with E-state index in [2.05, 4.69) is 44.5 Å². The molecule has 1 aliphatic carbocycles. The van der Waals surface area contributed by atoms with Gasteiger partial charge in [-0.25, -0.2) is 4.98 Å². The van der Waals surface area contributed by atoms with Crippen LogP contribution < -0.4 is 11.1 Å². The molecule has 1 saturated heterocycles. The molecule has 0 amide bonds. The van der Waals surface area contributed by atoms with E-state index in [9.17, 15) is 0 Å². The van der Waals surface area contributed by atoms with Gasteiger partial charge < -0.3 is 16.0 Å². The Morgan fingerprint density at radius 3 is 2.73 bits per heavy atom. The van der Waals surface area contributed by atoms with E-state index in [-0.39, 0.29) is 0 Å². The summed E-state index contributed by atoms with van der Waals surface area (Å²) >= 11 is 0. The van der Waals surface area contributed by atoms with Crippen molar-refractivity contribution in [1.29, 1.82) is 0 Å². The Bertz CT molecular complexity index is 752. The van der Waals surface area contributed by atoms with Gasteiger partial charge in [0.05, 0.1) is 5.69 Å². The van der Waals surface area contributed by atoms with Crippen LogP contribution in [0.25, 0.3) is 11.3 Å². The minimum absolute atomic E-state index is 0.360. The van der Waals surface area contributed by atoms with E-state index in [1.54, 1.807) is 0 Å². The zero-order valence-corrected chi connectivity index (χ0v) is 15.5. The number of likely N-dealkylation sites (tertiary alicyclic amines) is 1. The van der Waals surface area contributed by atoms with Crippen LogP contribution in [0.15, 0.2) is 24.3 Å². The summed E-state index contributed by atoms with van der Waals surface area (Å²) in [6.45, 7) is 4.61. The first-order chi connectivity index (χ1) is 12.8. The number of hydrogen-bond donors (Lipinski definition) is 2. The number of nitrogens with two attached hydrogens (primary N) is 1. The third kappa shape index (κ3) is 3.83. The van der Waals surface area contributed by atoms with Crippen LogP contribution in [0.4, 0.5) is 11.8 Å². The fraction of sp³-hybridized carbons (Fsp3) is 0.524. The second-order valence-corrected chi connectivity index (χ2v) is 7.45. The standard InChI is InChI=1S/C21H29N5/c22-21-24-19-17-10-3-2-8-16(17)9-6-11-18(19)20(25-21)23-12-7-15-26-13-4-1-5-14-26/h2-3,8,10H,1,4-7,9,11-15H2,(H3,22,23,24,25). The van der Waals surface area contributed by atoms with Gasteiger partial charge in [-0.15, -0.1) is 0 Å². The topological polar surface area (TPSA) is 67.1 Å². The van der Waals surface area contributed by atoms with E-state index >= 15 is 0 Å². The maximum absolute atomic E-state index is 6.04. The number of nitrogens with zero attached hydrogens (tertiary/aromatic N) is 3. The highest BCUT2D eigenvalue weighted by molar-refractivity contribution is 5.73. The molecule has 0 bridgehead atoms. The fourth-order valence-corrected chi connectivity index (χ4v) is 4.22. The summed E-state index contributed by atoms with van der Waals surface area (Å²) in [5, 5.41) is 3.55. The summed E-state index contributed by atoms with van der Waals surface area (Å²) in [6, 6.07) is 8.55. The van der Waals surface area contributed by atoms with Gasteiger partial charge >= 0.3 is 0 Å². The van der Waals surface area contributed by atoms with Crippen LogP contribution in [0, 0.1) is 0 Å². The van der Waals surface area contributed by atoms with Crippen molar-refractivity contribution >= 4 is 11.8 Å². The van der Waals surface area contributed by atoms with Crippen molar-refractivity contribution in [1.82, 2.24) is 14.9 Å². The molecule has 3 N–H and O–H groups in total. The Kier molecular flexibility index (Phi) is 5.34. The number of rotatable bonds is 5. The molecule has 0 saturated carbocycles. The number of aryl methyl sites for hydroxylation is 1. The second kappa shape index (κ2) is 8.04. The molecule has 5 nitrogen and oxygen atoms in total. The molecule has 0 spiro atoms. The van der Waals surface area contributed by atoms with Gasteiger partial charge in [0.1, 0.15) is 5.82 Å². The molecule has 2 aliphatic rings. The van der Waals surface area contributed by atoms with Crippen molar-refractivity contribution in [3.63, 3.8) is 0 Å². The number of piperidine rings is 1. The van der Waals surface area contributed by atoms with Crippen LogP contribution in [0.5, 0.6) is 0 Å². The molecule has 1 aromatic heterocycles. The van der Waals surface area contributed by atoms with Crippen molar-refractivity contribution in [3.8, 4) is 11.3 Å². The van der Waals surface area contributed by atoms with Crippen LogP contribution in [-0.2, 0) is 12.8 Å². The number of benzene rings is 1. The Balaban J connectivity index is 1.48. The van der Waals surface area contributed by atoms with E-state index in [1.165, 1.54) is 55.6 Å². The van der Waals surface area contributed by atoms with E-state index < -0.39 is 0 Å². The van der Waals surface area contributed by atoms with Crippen molar-refractivity contribution < 1.29 is 0 Å². The molecule has 5 heteroatoms. The van der Waals surface area contributed by atoms with Gasteiger partial charge in [0, 0.05) is 17.7 Å². The summed E-state index contributed by atoms with van der Waals surface area (Å²) in [7, 11) is 0. The summed E-state index contributed by atoms with van der Waals surface area (Å²) < 4.78 is 0. The second-order valence-electron chi connectivity index (χ2n) is 7.45. The summed E-state index contributed by atoms with van der Waals surface area (Å²) in [5.74, 6) is 1.29. The number of aromatic nitrogens is 2. The van der Waals surface area contributed by atoms with Crippen LogP contribution in [0.2, 0.25) is 0 Å². The predicted octanol–water partition coefficient (Wildman–Crippen LogP) is 3.50. The van der Waals surface area contributed by atoms with Crippen molar-refractivity contribution in [2.24, 2.45) is 0 Å². The molecule has 1 fully saturated rings. The lowest BCUT2D eigenvalue weighted by molar-refractivity contribution is 0.228. The minimum atomic E-state index is 0.360. The Morgan fingerprint density at radius 2 is 1.85 bits per heavy atom. The van der Waals surface area contributed by atoms with Gasteiger partial charge in [0.15, 0.2) is 0 Å². The molecule has 26 heavy (non-hydrogen) atoms. The van der Waals surface area contributed by atoms with Gasteiger partial charge in [-0.2, -0.15) is 4.98 Å². The first-order valence-electron chi connectivity index (χ1n) is 10.0. The third-order valence-electron chi connectivity index (χ3n) is 5.56. The number of anilines is 2. The lowest BCUT2D eigenvalue weighted by Gasteiger charge is -2.26. The zero-order valence-electron chi connectivity index (χ0n) is 15.5. The van der Waals surface area contributed by atoms with Crippen LogP contribution in [-0.4, -0.2) is 41.0 Å². The molecular formula is C21H29N5. The maximum Gasteiger partial charge on any atom is 0.222 e. The van der Waals surface area contributed by atoms with Gasteiger partial charge in [0.25, 0.3) is 0 Å². The molecule has 0 atom stereocenters. The lowest BCUT2D eigenvalue weighted by Crippen LogP contribution is -2.31. The average molecular weight is 351 g/mol. The summed E-state index contributed by atoms with van der Waals surface area (Å²) in [6.07, 6.45) is 8.43. The SMILES string of the molecule is Nc1nc(NCCCN2CCCCC2)c2c(n1)-c1ccccc1CCC2. The highest BCUT2D eigenvalue weighted by Crippen LogP contribution is 2.34. The minimum Gasteiger partial charge on any atom is -0.370 e. The molecule has 0 radical (unpaired) electrons. The lowest BCUT2D eigenvalue weighted by atomic mass is 10.0. The van der Waals surface area contributed by atoms with Gasteiger partial charge in [-0.3, -0.25) is 0 Å². The van der Waals surface area contributed by atoms with Crippen LogP contribution in [0.3, 0.4) is 0 Å². The first-order valence-corrected chi connectivity index (χ1v) is 10.0. The zero-order chi connectivity index (χ0) is 17.8. The van der Waals surface area contributed by atoms with Crippen molar-refractivity contribution in [2.75, 3.05) is 37.2 Å². The average Bonchev–Trinajstić information content (AvgIpc) is 2.86. The molecule has 1 aromatic carbocycles. The smallest absolute Gasteiger partial charge is 0.222 e. The molecular weight excluding hydrogens is 322 g/mol. The Hall–Kier alpha value is -2.14. The van der Waals surface area contributed by atoms with Gasteiger partial charge in [0.2, 0.25) is 5.95 Å². The molecule has 0 unspecified atom stereocenters. The quantitative estimate of drug-likeness (QED) is 0.807. The fourth-order valence-electron chi connectivity index (χ4n) is 4.22. The number of nitrogen functional groups attached to an aromatic ring is 1. The normalized spacial score (nSPS) is 17.2. The third-order valence-corrected chi connectivity index (χ3v) is 5.56. The van der Waals surface area contributed by atoms with E-state index in [0.717, 1.165) is 43.7 Å². The van der Waals surface area contributed by atoms with Crippen LogP contribution in [0.1, 0.15) is 43.2 Å². The Morgan fingerprint density at radius 1 is 1.00 bits per heavy atom. The molecule has 2 aromatic rings. The number of nitrogens with one attached hydrogen (secondary N) is 1. The van der Waals surface area contributed by atoms with Crippen molar-refractivity contribution in [2.45, 2.75) is 44.9 Å². The Labute approximate surface area is 156 Å². The van der Waals surface area contributed by atoms with Crippen molar-refractivity contribution in [3.05, 3.63) is 35.4 Å². The molecule has 2 heterocycles. The first kappa shape index (κ1) is 17.3. The van der Waals surface area contributed by atoms with Gasteiger partial charge in [-0.05, 0) is 63.7 Å². The molecule has 138 valence electrons. The molecule has 1 aliphatic heterocycles. The van der Waals surface area contributed by atoms with E-state index in [1.807, 2.05) is 0 Å².